The number of nitrogens with zero attached hydrogens (tertiary/aromatic N) is 5. The maximum atomic E-state index is 4.36. The molecule has 0 saturated carbocycles. The molecule has 0 saturated heterocycles. The van der Waals surface area contributed by atoms with Crippen LogP contribution in [0.2, 0.25) is 0 Å². The molecule has 3 heterocycles. The first-order chi connectivity index (χ1) is 9.72. The molecule has 0 bridgehead atoms. The summed E-state index contributed by atoms with van der Waals surface area (Å²) in [6.07, 6.45) is 3.88. The molecule has 106 valence electrons. The highest BCUT2D eigenvalue weighted by atomic mass is 15.3. The summed E-state index contributed by atoms with van der Waals surface area (Å²) < 4.78 is 2.19. The van der Waals surface area contributed by atoms with Crippen molar-refractivity contribution in [3.8, 4) is 0 Å². The van der Waals surface area contributed by atoms with Crippen molar-refractivity contribution in [1.82, 2.24) is 25.1 Å². The van der Waals surface area contributed by atoms with Gasteiger partial charge in [-0.2, -0.15) is 5.10 Å². The van der Waals surface area contributed by atoms with Crippen molar-refractivity contribution in [2.45, 2.75) is 39.5 Å². The van der Waals surface area contributed by atoms with Crippen LogP contribution < -0.4 is 10.2 Å². The quantitative estimate of drug-likeness (QED) is 0.906. The second-order valence-electron chi connectivity index (χ2n) is 5.38. The molecule has 0 aromatic carbocycles. The van der Waals surface area contributed by atoms with E-state index in [9.17, 15) is 0 Å². The Morgan fingerprint density at radius 3 is 2.90 bits per heavy atom. The maximum Gasteiger partial charge on any atom is 0.151 e. The van der Waals surface area contributed by atoms with Crippen LogP contribution in [0.3, 0.4) is 0 Å². The smallest absolute Gasteiger partial charge is 0.151 e. The number of imidazole rings is 1. The lowest BCUT2D eigenvalue weighted by Gasteiger charge is -2.28. The first-order valence-corrected chi connectivity index (χ1v) is 7.03. The summed E-state index contributed by atoms with van der Waals surface area (Å²) in [5.74, 6) is 2.01. The minimum Gasteiger partial charge on any atom is -0.346 e. The Morgan fingerprint density at radius 2 is 2.15 bits per heavy atom. The first kappa shape index (κ1) is 13.1. The van der Waals surface area contributed by atoms with E-state index >= 15 is 0 Å². The van der Waals surface area contributed by atoms with Gasteiger partial charge < -0.3 is 14.8 Å². The fourth-order valence-electron chi connectivity index (χ4n) is 2.29. The Bertz CT molecular complexity index is 559. The summed E-state index contributed by atoms with van der Waals surface area (Å²) in [4.78, 5) is 6.58. The van der Waals surface area contributed by atoms with Gasteiger partial charge in [-0.1, -0.05) is 13.8 Å². The van der Waals surface area contributed by atoms with Crippen LogP contribution in [0.15, 0.2) is 24.5 Å². The van der Waals surface area contributed by atoms with E-state index in [1.807, 2.05) is 24.5 Å². The topological polar surface area (TPSA) is 58.9 Å². The van der Waals surface area contributed by atoms with E-state index in [-0.39, 0.29) is 0 Å². The van der Waals surface area contributed by atoms with Crippen molar-refractivity contribution < 1.29 is 0 Å². The molecular formula is C14H20N6. The summed E-state index contributed by atoms with van der Waals surface area (Å²) in [6.45, 7) is 7.70. The van der Waals surface area contributed by atoms with Crippen molar-refractivity contribution in [2.75, 3.05) is 11.4 Å². The monoisotopic (exact) mass is 272 g/mol. The summed E-state index contributed by atoms with van der Waals surface area (Å²) in [6, 6.07) is 4.54. The molecule has 1 aliphatic heterocycles. The summed E-state index contributed by atoms with van der Waals surface area (Å²) in [5.41, 5.74) is 0.973. The average molecular weight is 272 g/mol. The predicted octanol–water partition coefficient (Wildman–Crippen LogP) is 1.19. The third-order valence-electron chi connectivity index (χ3n) is 3.47. The normalized spacial score (nSPS) is 14.7. The molecule has 2 aromatic rings. The lowest BCUT2D eigenvalue weighted by molar-refractivity contribution is 0.551. The van der Waals surface area contributed by atoms with Gasteiger partial charge in [-0.3, -0.25) is 0 Å². The molecule has 1 aliphatic rings. The van der Waals surface area contributed by atoms with Gasteiger partial charge >= 0.3 is 0 Å². The molecule has 20 heavy (non-hydrogen) atoms. The van der Waals surface area contributed by atoms with Gasteiger partial charge in [0.1, 0.15) is 5.82 Å². The van der Waals surface area contributed by atoms with Gasteiger partial charge in [-0.05, 0) is 12.1 Å². The van der Waals surface area contributed by atoms with Crippen LogP contribution in [-0.4, -0.2) is 32.3 Å². The van der Waals surface area contributed by atoms with E-state index in [2.05, 4.69) is 43.8 Å². The SMILES string of the molecule is CC(C)NCc1ccc(N2CCn3ccnc3C2)nn1. The van der Waals surface area contributed by atoms with Crippen LogP contribution in [0.4, 0.5) is 5.82 Å². The molecule has 2 aromatic heterocycles. The van der Waals surface area contributed by atoms with Crippen LogP contribution in [0.25, 0.3) is 0 Å². The number of rotatable bonds is 4. The number of fused-ring (bicyclic) bond motifs is 1. The molecule has 0 aliphatic carbocycles. The van der Waals surface area contributed by atoms with Crippen molar-refractivity contribution in [3.63, 3.8) is 0 Å². The molecule has 0 fully saturated rings. The summed E-state index contributed by atoms with van der Waals surface area (Å²) in [7, 11) is 0. The van der Waals surface area contributed by atoms with E-state index in [1.54, 1.807) is 0 Å². The Morgan fingerprint density at radius 1 is 1.25 bits per heavy atom. The molecule has 6 nitrogen and oxygen atoms in total. The fraction of sp³-hybridized carbons (Fsp3) is 0.500. The molecule has 0 atom stereocenters. The molecule has 1 N–H and O–H groups in total. The zero-order valence-electron chi connectivity index (χ0n) is 12.0. The average Bonchev–Trinajstić information content (AvgIpc) is 2.93. The molecule has 6 heteroatoms. The predicted molar refractivity (Wildman–Crippen MR) is 77.3 cm³/mol. The third kappa shape index (κ3) is 2.80. The maximum absolute atomic E-state index is 4.36. The largest absolute Gasteiger partial charge is 0.346 e. The number of nitrogens with one attached hydrogen (secondary N) is 1. The second-order valence-corrected chi connectivity index (χ2v) is 5.38. The Hall–Kier alpha value is -1.95. The number of aromatic nitrogens is 4. The molecule has 0 radical (unpaired) electrons. The van der Waals surface area contributed by atoms with Gasteiger partial charge in [0.15, 0.2) is 5.82 Å². The molecule has 0 amide bonds. The minimum atomic E-state index is 0.456. The van der Waals surface area contributed by atoms with Crippen molar-refractivity contribution in [2.24, 2.45) is 0 Å². The second kappa shape index (κ2) is 5.58. The van der Waals surface area contributed by atoms with Gasteiger partial charge in [0.25, 0.3) is 0 Å². The highest BCUT2D eigenvalue weighted by molar-refractivity contribution is 5.38. The van der Waals surface area contributed by atoms with Gasteiger partial charge in [0, 0.05) is 38.1 Å². The van der Waals surface area contributed by atoms with Crippen LogP contribution >= 0.6 is 0 Å². The van der Waals surface area contributed by atoms with Gasteiger partial charge in [-0.25, -0.2) is 4.98 Å². The lowest BCUT2D eigenvalue weighted by Crippen LogP contribution is -2.34. The van der Waals surface area contributed by atoms with Crippen LogP contribution in [0.5, 0.6) is 0 Å². The van der Waals surface area contributed by atoms with Gasteiger partial charge in [0.05, 0.1) is 12.2 Å². The zero-order valence-corrected chi connectivity index (χ0v) is 12.0. The fourth-order valence-corrected chi connectivity index (χ4v) is 2.29. The molecular weight excluding hydrogens is 252 g/mol. The number of anilines is 1. The summed E-state index contributed by atoms with van der Waals surface area (Å²) >= 11 is 0. The van der Waals surface area contributed by atoms with Crippen molar-refractivity contribution in [3.05, 3.63) is 36.0 Å². The van der Waals surface area contributed by atoms with E-state index in [1.165, 1.54) is 0 Å². The van der Waals surface area contributed by atoms with E-state index in [0.29, 0.717) is 6.04 Å². The highest BCUT2D eigenvalue weighted by Crippen LogP contribution is 2.17. The van der Waals surface area contributed by atoms with Crippen molar-refractivity contribution >= 4 is 5.82 Å². The van der Waals surface area contributed by atoms with E-state index in [4.69, 9.17) is 0 Å². The number of hydrogen-bond donors (Lipinski definition) is 1. The van der Waals surface area contributed by atoms with Crippen LogP contribution in [0.1, 0.15) is 25.4 Å². The van der Waals surface area contributed by atoms with Crippen LogP contribution in [-0.2, 0) is 19.6 Å². The van der Waals surface area contributed by atoms with E-state index < -0.39 is 0 Å². The zero-order chi connectivity index (χ0) is 13.9. The Balaban J connectivity index is 1.66. The Kier molecular flexibility index (Phi) is 3.64. The molecule has 0 spiro atoms. The third-order valence-corrected chi connectivity index (χ3v) is 3.47. The van der Waals surface area contributed by atoms with E-state index in [0.717, 1.165) is 43.5 Å². The lowest BCUT2D eigenvalue weighted by atomic mass is 10.3. The van der Waals surface area contributed by atoms with Crippen molar-refractivity contribution in [1.29, 1.82) is 0 Å². The van der Waals surface area contributed by atoms with Gasteiger partial charge in [0.2, 0.25) is 0 Å². The number of hydrogen-bond acceptors (Lipinski definition) is 5. The van der Waals surface area contributed by atoms with Crippen LogP contribution in [0, 0.1) is 0 Å². The van der Waals surface area contributed by atoms with Gasteiger partial charge in [-0.15, -0.1) is 5.10 Å². The first-order valence-electron chi connectivity index (χ1n) is 7.03. The summed E-state index contributed by atoms with van der Waals surface area (Å²) in [5, 5.41) is 12.0. The minimum absolute atomic E-state index is 0.456. The Labute approximate surface area is 118 Å². The standard InChI is InChI=1S/C14H20N6/c1-11(2)16-9-12-3-4-13(18-17-12)20-8-7-19-6-5-15-14(19)10-20/h3-6,11,16H,7-10H2,1-2H3. The molecule has 0 unspecified atom stereocenters. The highest BCUT2D eigenvalue weighted by Gasteiger charge is 2.17. The molecule has 3 rings (SSSR count).